The van der Waals surface area contributed by atoms with Gasteiger partial charge in [0.1, 0.15) is 5.82 Å². The lowest BCUT2D eigenvalue weighted by Gasteiger charge is -2.14. The van der Waals surface area contributed by atoms with Gasteiger partial charge in [0.15, 0.2) is 6.10 Å². The van der Waals surface area contributed by atoms with Gasteiger partial charge < -0.3 is 15.2 Å². The SMILES string of the molecule is O=C(O)C1CCC(CNc2ccc(F)cc2Br)O1. The van der Waals surface area contributed by atoms with Crippen LogP contribution in [0.4, 0.5) is 10.1 Å². The fraction of sp³-hybridized carbons (Fsp3) is 0.417. The van der Waals surface area contributed by atoms with Crippen molar-refractivity contribution in [3.8, 4) is 0 Å². The Balaban J connectivity index is 1.87. The van der Waals surface area contributed by atoms with Crippen LogP contribution in [0, 0.1) is 5.82 Å². The second-order valence-corrected chi connectivity index (χ2v) is 5.02. The monoisotopic (exact) mass is 317 g/mol. The number of benzene rings is 1. The number of carboxylic acids is 1. The van der Waals surface area contributed by atoms with Crippen LogP contribution in [0.3, 0.4) is 0 Å². The van der Waals surface area contributed by atoms with Crippen molar-refractivity contribution in [1.82, 2.24) is 0 Å². The van der Waals surface area contributed by atoms with Crippen LogP contribution < -0.4 is 5.32 Å². The first kappa shape index (κ1) is 13.3. The Kier molecular flexibility index (Phi) is 4.19. The summed E-state index contributed by atoms with van der Waals surface area (Å²) in [4.78, 5) is 10.7. The summed E-state index contributed by atoms with van der Waals surface area (Å²) >= 11 is 3.25. The zero-order valence-corrected chi connectivity index (χ0v) is 11.1. The molecule has 2 unspecified atom stereocenters. The molecule has 98 valence electrons. The molecule has 0 bridgehead atoms. The molecule has 1 saturated heterocycles. The number of nitrogens with one attached hydrogen (secondary N) is 1. The van der Waals surface area contributed by atoms with Crippen LogP contribution in [0.1, 0.15) is 12.8 Å². The Morgan fingerprint density at radius 3 is 2.94 bits per heavy atom. The predicted molar refractivity (Wildman–Crippen MR) is 68.1 cm³/mol. The van der Waals surface area contributed by atoms with Gasteiger partial charge in [-0.1, -0.05) is 0 Å². The Labute approximate surface area is 112 Å². The van der Waals surface area contributed by atoms with Gasteiger partial charge in [-0.15, -0.1) is 0 Å². The average Bonchev–Trinajstić information content (AvgIpc) is 2.76. The Morgan fingerprint density at radius 1 is 1.56 bits per heavy atom. The maximum absolute atomic E-state index is 12.9. The second kappa shape index (κ2) is 5.67. The van der Waals surface area contributed by atoms with Gasteiger partial charge in [0.25, 0.3) is 0 Å². The van der Waals surface area contributed by atoms with Crippen molar-refractivity contribution in [2.24, 2.45) is 0 Å². The number of hydrogen-bond acceptors (Lipinski definition) is 3. The Hall–Kier alpha value is -1.14. The number of anilines is 1. The van der Waals surface area contributed by atoms with Crippen LogP contribution in [0.25, 0.3) is 0 Å². The zero-order valence-electron chi connectivity index (χ0n) is 9.53. The molecule has 0 radical (unpaired) electrons. The Morgan fingerprint density at radius 2 is 2.33 bits per heavy atom. The van der Waals surface area contributed by atoms with Crippen LogP contribution >= 0.6 is 15.9 Å². The summed E-state index contributed by atoms with van der Waals surface area (Å²) in [7, 11) is 0. The van der Waals surface area contributed by atoms with Crippen LogP contribution in [-0.4, -0.2) is 29.8 Å². The number of aliphatic carboxylic acids is 1. The topological polar surface area (TPSA) is 58.6 Å². The molecule has 4 nitrogen and oxygen atoms in total. The van der Waals surface area contributed by atoms with E-state index in [1.165, 1.54) is 12.1 Å². The second-order valence-electron chi connectivity index (χ2n) is 4.17. The van der Waals surface area contributed by atoms with E-state index in [1.54, 1.807) is 6.07 Å². The van der Waals surface area contributed by atoms with Crippen LogP contribution in [0.15, 0.2) is 22.7 Å². The highest BCUT2D eigenvalue weighted by molar-refractivity contribution is 9.10. The molecule has 6 heteroatoms. The summed E-state index contributed by atoms with van der Waals surface area (Å²) in [6, 6.07) is 4.36. The quantitative estimate of drug-likeness (QED) is 0.896. The van der Waals surface area contributed by atoms with Crippen LogP contribution in [-0.2, 0) is 9.53 Å². The maximum Gasteiger partial charge on any atom is 0.332 e. The molecule has 2 rings (SSSR count). The lowest BCUT2D eigenvalue weighted by Crippen LogP contribution is -2.24. The molecule has 0 amide bonds. The smallest absolute Gasteiger partial charge is 0.332 e. The molecule has 1 heterocycles. The third kappa shape index (κ3) is 3.20. The number of rotatable bonds is 4. The number of carbonyl (C=O) groups is 1. The van der Waals surface area contributed by atoms with Crippen molar-refractivity contribution in [3.05, 3.63) is 28.5 Å². The highest BCUT2D eigenvalue weighted by Gasteiger charge is 2.30. The van der Waals surface area contributed by atoms with E-state index in [4.69, 9.17) is 9.84 Å². The maximum atomic E-state index is 12.9. The van der Waals surface area contributed by atoms with Gasteiger partial charge in [0.05, 0.1) is 6.10 Å². The Bertz CT molecular complexity index is 455. The average molecular weight is 318 g/mol. The van der Waals surface area contributed by atoms with E-state index in [9.17, 15) is 9.18 Å². The first-order chi connectivity index (χ1) is 8.56. The van der Waals surface area contributed by atoms with Crippen LogP contribution in [0.2, 0.25) is 0 Å². The number of halogens is 2. The molecule has 2 N–H and O–H groups in total. The molecule has 0 saturated carbocycles. The first-order valence-electron chi connectivity index (χ1n) is 5.63. The number of hydrogen-bond donors (Lipinski definition) is 2. The first-order valence-corrected chi connectivity index (χ1v) is 6.43. The summed E-state index contributed by atoms with van der Waals surface area (Å²) in [5, 5.41) is 11.9. The van der Waals surface area contributed by atoms with Crippen molar-refractivity contribution < 1.29 is 19.0 Å². The van der Waals surface area contributed by atoms with E-state index >= 15 is 0 Å². The third-order valence-electron chi connectivity index (χ3n) is 2.83. The molecule has 2 atom stereocenters. The normalized spacial score (nSPS) is 23.0. The van der Waals surface area contributed by atoms with E-state index in [0.29, 0.717) is 23.9 Å². The van der Waals surface area contributed by atoms with E-state index in [2.05, 4.69) is 21.2 Å². The minimum Gasteiger partial charge on any atom is -0.479 e. The highest BCUT2D eigenvalue weighted by Crippen LogP contribution is 2.25. The van der Waals surface area contributed by atoms with Crippen molar-refractivity contribution in [2.75, 3.05) is 11.9 Å². The zero-order chi connectivity index (χ0) is 13.1. The van der Waals surface area contributed by atoms with Gasteiger partial charge in [-0.3, -0.25) is 0 Å². The van der Waals surface area contributed by atoms with Crippen molar-refractivity contribution in [3.63, 3.8) is 0 Å². The molecule has 0 aromatic heterocycles. The summed E-state index contributed by atoms with van der Waals surface area (Å²) in [5.41, 5.74) is 0.763. The molecule has 18 heavy (non-hydrogen) atoms. The van der Waals surface area contributed by atoms with E-state index in [0.717, 1.165) is 5.69 Å². The summed E-state index contributed by atoms with van der Waals surface area (Å²) in [5.74, 6) is -1.23. The minimum absolute atomic E-state index is 0.122. The van der Waals surface area contributed by atoms with Gasteiger partial charge in [0.2, 0.25) is 0 Å². The van der Waals surface area contributed by atoms with Gasteiger partial charge in [0, 0.05) is 16.7 Å². The molecule has 1 aliphatic heterocycles. The highest BCUT2D eigenvalue weighted by atomic mass is 79.9. The van der Waals surface area contributed by atoms with Gasteiger partial charge in [-0.25, -0.2) is 9.18 Å². The van der Waals surface area contributed by atoms with Crippen molar-refractivity contribution in [2.45, 2.75) is 25.0 Å². The molecule has 1 aliphatic rings. The fourth-order valence-corrected chi connectivity index (χ4v) is 2.39. The van der Waals surface area contributed by atoms with E-state index in [-0.39, 0.29) is 11.9 Å². The van der Waals surface area contributed by atoms with Gasteiger partial charge in [-0.2, -0.15) is 0 Å². The lowest BCUT2D eigenvalue weighted by molar-refractivity contribution is -0.149. The molecule has 1 fully saturated rings. The molecule has 1 aromatic rings. The molecule has 1 aromatic carbocycles. The summed E-state index contributed by atoms with van der Waals surface area (Å²) in [6.07, 6.45) is 0.422. The largest absolute Gasteiger partial charge is 0.479 e. The summed E-state index contributed by atoms with van der Waals surface area (Å²) < 4.78 is 18.9. The van der Waals surface area contributed by atoms with E-state index in [1.807, 2.05) is 0 Å². The fourth-order valence-electron chi connectivity index (χ4n) is 1.89. The molecular formula is C12H13BrFNO3. The number of carboxylic acid groups (broad SMARTS) is 1. The lowest BCUT2D eigenvalue weighted by atomic mass is 10.2. The van der Waals surface area contributed by atoms with Crippen LogP contribution in [0.5, 0.6) is 0 Å². The summed E-state index contributed by atoms with van der Waals surface area (Å²) in [6.45, 7) is 0.508. The molecule has 0 spiro atoms. The third-order valence-corrected chi connectivity index (χ3v) is 3.49. The molecular weight excluding hydrogens is 305 g/mol. The predicted octanol–water partition coefficient (Wildman–Crippen LogP) is 2.63. The van der Waals surface area contributed by atoms with Crippen molar-refractivity contribution >= 4 is 27.6 Å². The van der Waals surface area contributed by atoms with E-state index < -0.39 is 12.1 Å². The van der Waals surface area contributed by atoms with Gasteiger partial charge in [-0.05, 0) is 47.0 Å². The minimum atomic E-state index is -0.916. The molecule has 0 aliphatic carbocycles. The van der Waals surface area contributed by atoms with Crippen molar-refractivity contribution in [1.29, 1.82) is 0 Å². The van der Waals surface area contributed by atoms with Gasteiger partial charge >= 0.3 is 5.97 Å². The number of ether oxygens (including phenoxy) is 1. The standard InChI is InChI=1S/C12H13BrFNO3/c13-9-5-7(14)1-3-10(9)15-6-8-2-4-11(18-8)12(16)17/h1,3,5,8,11,15H,2,4,6H2,(H,16,17).